The van der Waals surface area contributed by atoms with Crippen molar-refractivity contribution in [2.24, 2.45) is 0 Å². The molecule has 0 heterocycles. The molecule has 0 bridgehead atoms. The molecule has 0 atom stereocenters. The van der Waals surface area contributed by atoms with Crippen molar-refractivity contribution in [2.45, 2.75) is 17.6 Å². The fourth-order valence-corrected chi connectivity index (χ4v) is 2.88. The highest BCUT2D eigenvalue weighted by molar-refractivity contribution is 7.98. The van der Waals surface area contributed by atoms with Crippen LogP contribution in [0.1, 0.15) is 11.1 Å². The Balaban J connectivity index is 2.33. The molecule has 0 aliphatic heterocycles. The predicted octanol–water partition coefficient (Wildman–Crippen LogP) is 4.10. The molecule has 2 aromatic rings. The van der Waals surface area contributed by atoms with Crippen LogP contribution in [0.2, 0.25) is 0 Å². The zero-order chi connectivity index (χ0) is 15.4. The maximum absolute atomic E-state index is 11.0. The first-order chi connectivity index (χ1) is 9.99. The Morgan fingerprint density at radius 1 is 1.05 bits per heavy atom. The largest absolute Gasteiger partial charge is 0.280 e. The van der Waals surface area contributed by atoms with E-state index < -0.39 is 9.85 Å². The van der Waals surface area contributed by atoms with E-state index in [1.165, 1.54) is 17.8 Å². The molecule has 21 heavy (non-hydrogen) atoms. The van der Waals surface area contributed by atoms with Crippen LogP contribution in [0.3, 0.4) is 0 Å². The molecule has 0 aromatic heterocycles. The van der Waals surface area contributed by atoms with Gasteiger partial charge in [-0.3, -0.25) is 20.2 Å². The van der Waals surface area contributed by atoms with E-state index in [2.05, 4.69) is 0 Å². The summed E-state index contributed by atoms with van der Waals surface area (Å²) < 4.78 is 0. The van der Waals surface area contributed by atoms with Gasteiger partial charge >= 0.3 is 0 Å². The molecule has 2 rings (SSSR count). The Kier molecular flexibility index (Phi) is 4.54. The average molecular weight is 304 g/mol. The average Bonchev–Trinajstić information content (AvgIpc) is 2.46. The van der Waals surface area contributed by atoms with Crippen LogP contribution in [0.5, 0.6) is 0 Å². The maximum atomic E-state index is 11.0. The molecule has 0 aliphatic carbocycles. The Labute approximate surface area is 125 Å². The SMILES string of the molecule is Cc1c(SCc2ccccc2)cc([N+](=O)[O-])cc1[N+](=O)[O-]. The Morgan fingerprint density at radius 3 is 2.29 bits per heavy atom. The van der Waals surface area contributed by atoms with Gasteiger partial charge in [0, 0.05) is 22.3 Å². The molecule has 0 N–H and O–H groups in total. The summed E-state index contributed by atoms with van der Waals surface area (Å²) in [6, 6.07) is 12.0. The van der Waals surface area contributed by atoms with Crippen LogP contribution >= 0.6 is 11.8 Å². The van der Waals surface area contributed by atoms with Gasteiger partial charge in [0.1, 0.15) is 0 Å². The molecule has 0 spiro atoms. The fraction of sp³-hybridized carbons (Fsp3) is 0.143. The Morgan fingerprint density at radius 2 is 1.71 bits per heavy atom. The van der Waals surface area contributed by atoms with Gasteiger partial charge in [-0.05, 0) is 12.5 Å². The van der Waals surface area contributed by atoms with Crippen LogP contribution in [0, 0.1) is 27.2 Å². The fourth-order valence-electron chi connectivity index (χ4n) is 1.84. The van der Waals surface area contributed by atoms with Crippen molar-refractivity contribution in [3.8, 4) is 0 Å². The molecule has 108 valence electrons. The van der Waals surface area contributed by atoms with Crippen LogP contribution in [0.25, 0.3) is 0 Å². The van der Waals surface area contributed by atoms with Crippen molar-refractivity contribution in [1.82, 2.24) is 0 Å². The van der Waals surface area contributed by atoms with E-state index in [1.807, 2.05) is 30.3 Å². The summed E-state index contributed by atoms with van der Waals surface area (Å²) in [7, 11) is 0. The Hall–Kier alpha value is -2.41. The van der Waals surface area contributed by atoms with E-state index in [1.54, 1.807) is 6.92 Å². The lowest BCUT2D eigenvalue weighted by atomic mass is 10.2. The van der Waals surface area contributed by atoms with Gasteiger partial charge in [0.05, 0.1) is 15.9 Å². The maximum Gasteiger partial charge on any atom is 0.280 e. The highest BCUT2D eigenvalue weighted by Gasteiger charge is 2.21. The van der Waals surface area contributed by atoms with Gasteiger partial charge in [-0.15, -0.1) is 11.8 Å². The van der Waals surface area contributed by atoms with Crippen LogP contribution in [0.15, 0.2) is 47.4 Å². The molecule has 2 aromatic carbocycles. The third kappa shape index (κ3) is 3.57. The summed E-state index contributed by atoms with van der Waals surface area (Å²) in [5.74, 6) is 0.597. The minimum absolute atomic E-state index is 0.222. The number of thioether (sulfide) groups is 1. The van der Waals surface area contributed by atoms with Crippen LogP contribution in [-0.2, 0) is 5.75 Å². The second kappa shape index (κ2) is 6.36. The number of benzene rings is 2. The van der Waals surface area contributed by atoms with Crippen LogP contribution < -0.4 is 0 Å². The van der Waals surface area contributed by atoms with E-state index >= 15 is 0 Å². The number of hydrogen-bond acceptors (Lipinski definition) is 5. The number of nitro benzene ring substituents is 2. The second-order valence-electron chi connectivity index (χ2n) is 4.38. The van der Waals surface area contributed by atoms with Crippen LogP contribution in [-0.4, -0.2) is 9.85 Å². The number of nitro groups is 2. The van der Waals surface area contributed by atoms with E-state index in [4.69, 9.17) is 0 Å². The van der Waals surface area contributed by atoms with Gasteiger partial charge in [-0.2, -0.15) is 0 Å². The van der Waals surface area contributed by atoms with Crippen molar-refractivity contribution in [1.29, 1.82) is 0 Å². The quantitative estimate of drug-likeness (QED) is 0.471. The van der Waals surface area contributed by atoms with Gasteiger partial charge in [-0.1, -0.05) is 30.3 Å². The monoisotopic (exact) mass is 304 g/mol. The smallest absolute Gasteiger partial charge is 0.258 e. The van der Waals surface area contributed by atoms with Crippen molar-refractivity contribution in [3.05, 3.63) is 73.8 Å². The van der Waals surface area contributed by atoms with Gasteiger partial charge < -0.3 is 0 Å². The first-order valence-electron chi connectivity index (χ1n) is 6.09. The highest BCUT2D eigenvalue weighted by atomic mass is 32.2. The van der Waals surface area contributed by atoms with Gasteiger partial charge in [-0.25, -0.2) is 0 Å². The first-order valence-corrected chi connectivity index (χ1v) is 7.07. The third-order valence-corrected chi connectivity index (χ3v) is 4.17. The van der Waals surface area contributed by atoms with E-state index in [0.717, 1.165) is 11.6 Å². The summed E-state index contributed by atoms with van der Waals surface area (Å²) in [5.41, 5.74) is 1.02. The first kappa shape index (κ1) is 15.0. The topological polar surface area (TPSA) is 86.3 Å². The molecule has 0 aliphatic rings. The highest BCUT2D eigenvalue weighted by Crippen LogP contribution is 2.35. The summed E-state index contributed by atoms with van der Waals surface area (Å²) in [6.45, 7) is 1.61. The third-order valence-electron chi connectivity index (χ3n) is 2.96. The summed E-state index contributed by atoms with van der Waals surface area (Å²) >= 11 is 1.35. The zero-order valence-corrected chi connectivity index (χ0v) is 12.0. The molecular weight excluding hydrogens is 292 g/mol. The van der Waals surface area contributed by atoms with Crippen LogP contribution in [0.4, 0.5) is 11.4 Å². The number of rotatable bonds is 5. The number of non-ortho nitro benzene ring substituents is 1. The molecular formula is C14H12N2O4S. The van der Waals surface area contributed by atoms with Gasteiger partial charge in [0.25, 0.3) is 11.4 Å². The zero-order valence-electron chi connectivity index (χ0n) is 11.2. The lowest BCUT2D eigenvalue weighted by Gasteiger charge is -2.06. The van der Waals surface area contributed by atoms with E-state index in [-0.39, 0.29) is 11.4 Å². The minimum atomic E-state index is -0.612. The second-order valence-corrected chi connectivity index (χ2v) is 5.39. The number of nitrogens with zero attached hydrogens (tertiary/aromatic N) is 2. The standard InChI is InChI=1S/C14H12N2O4S/c1-10-13(16(19)20)7-12(15(17)18)8-14(10)21-9-11-5-3-2-4-6-11/h2-8H,9H2,1H3. The lowest BCUT2D eigenvalue weighted by molar-refractivity contribution is -0.394. The molecule has 0 saturated heterocycles. The molecule has 0 saturated carbocycles. The minimum Gasteiger partial charge on any atom is -0.258 e. The van der Waals surface area contributed by atoms with Crippen molar-refractivity contribution >= 4 is 23.1 Å². The van der Waals surface area contributed by atoms with E-state index in [0.29, 0.717) is 16.2 Å². The summed E-state index contributed by atoms with van der Waals surface area (Å²) in [6.07, 6.45) is 0. The summed E-state index contributed by atoms with van der Waals surface area (Å²) in [5, 5.41) is 21.9. The normalized spacial score (nSPS) is 10.3. The lowest BCUT2D eigenvalue weighted by Crippen LogP contribution is -1.97. The van der Waals surface area contributed by atoms with Crippen molar-refractivity contribution < 1.29 is 9.85 Å². The number of hydrogen-bond donors (Lipinski definition) is 0. The van der Waals surface area contributed by atoms with Crippen molar-refractivity contribution in [2.75, 3.05) is 0 Å². The molecule has 0 unspecified atom stereocenters. The molecule has 0 fully saturated rings. The van der Waals surface area contributed by atoms with E-state index in [9.17, 15) is 20.2 Å². The van der Waals surface area contributed by atoms with Gasteiger partial charge in [0.15, 0.2) is 0 Å². The van der Waals surface area contributed by atoms with Gasteiger partial charge in [0.2, 0.25) is 0 Å². The van der Waals surface area contributed by atoms with Crippen molar-refractivity contribution in [3.63, 3.8) is 0 Å². The predicted molar refractivity (Wildman–Crippen MR) is 80.5 cm³/mol. The molecule has 0 amide bonds. The molecule has 6 nitrogen and oxygen atoms in total. The Bertz CT molecular complexity index is 689. The molecule has 0 radical (unpaired) electrons. The summed E-state index contributed by atoms with van der Waals surface area (Å²) in [4.78, 5) is 21.2. The molecule has 7 heteroatoms.